The molecule has 0 saturated heterocycles. The van der Waals surface area contributed by atoms with Crippen molar-refractivity contribution in [3.63, 3.8) is 0 Å². The largest absolute Gasteiger partial charge is 0.394 e. The van der Waals surface area contributed by atoms with E-state index < -0.39 is 0 Å². The molecule has 0 saturated carbocycles. The summed E-state index contributed by atoms with van der Waals surface area (Å²) in [6, 6.07) is 1.96. The quantitative estimate of drug-likeness (QED) is 0.758. The van der Waals surface area contributed by atoms with Gasteiger partial charge < -0.3 is 10.4 Å². The Morgan fingerprint density at radius 3 is 3.00 bits per heavy atom. The highest BCUT2D eigenvalue weighted by Gasteiger charge is 2.00. The fourth-order valence-corrected chi connectivity index (χ4v) is 1.45. The van der Waals surface area contributed by atoms with Gasteiger partial charge in [0, 0.05) is 19.4 Å². The van der Waals surface area contributed by atoms with Crippen molar-refractivity contribution >= 4 is 5.69 Å². The normalized spacial score (nSPS) is 10.6. The molecule has 0 radical (unpaired) electrons. The monoisotopic (exact) mass is 221 g/mol. The molecule has 0 fully saturated rings. The van der Waals surface area contributed by atoms with Gasteiger partial charge in [-0.05, 0) is 6.07 Å². The lowest BCUT2D eigenvalue weighted by molar-refractivity contribution is 0.269. The van der Waals surface area contributed by atoms with Crippen molar-refractivity contribution in [3.05, 3.63) is 30.4 Å². The van der Waals surface area contributed by atoms with Gasteiger partial charge in [0.05, 0.1) is 37.3 Å². The van der Waals surface area contributed by atoms with Crippen LogP contribution in [0.1, 0.15) is 5.69 Å². The van der Waals surface area contributed by atoms with E-state index in [1.807, 2.05) is 24.0 Å². The number of hydrogen-bond acceptors (Lipinski definition) is 4. The minimum absolute atomic E-state index is 0.100. The molecular formula is C10H15N5O. The molecule has 2 N–H and O–H groups in total. The molecule has 16 heavy (non-hydrogen) atoms. The zero-order valence-corrected chi connectivity index (χ0v) is 9.17. The molecule has 0 unspecified atom stereocenters. The number of nitrogens with one attached hydrogen (secondary N) is 1. The number of aliphatic hydroxyl groups is 1. The lowest BCUT2D eigenvalue weighted by atomic mass is 10.4. The number of aliphatic hydroxyl groups excluding tert-OH is 1. The SMILES string of the molecule is Cn1nccc1CNc1cnn(CCO)c1. The molecule has 2 rings (SSSR count). The van der Waals surface area contributed by atoms with Crippen LogP contribution in [0.4, 0.5) is 5.69 Å². The Bertz CT molecular complexity index is 448. The van der Waals surface area contributed by atoms with Crippen LogP contribution in [0.3, 0.4) is 0 Å². The van der Waals surface area contributed by atoms with Gasteiger partial charge in [-0.25, -0.2) is 0 Å². The average molecular weight is 221 g/mol. The number of anilines is 1. The van der Waals surface area contributed by atoms with Crippen molar-refractivity contribution in [1.29, 1.82) is 0 Å². The van der Waals surface area contributed by atoms with E-state index >= 15 is 0 Å². The van der Waals surface area contributed by atoms with Crippen molar-refractivity contribution in [2.45, 2.75) is 13.1 Å². The Hall–Kier alpha value is -1.82. The molecule has 0 amide bonds. The van der Waals surface area contributed by atoms with E-state index in [1.165, 1.54) is 0 Å². The second kappa shape index (κ2) is 4.80. The number of hydrogen-bond donors (Lipinski definition) is 2. The summed E-state index contributed by atoms with van der Waals surface area (Å²) in [4.78, 5) is 0. The zero-order chi connectivity index (χ0) is 11.4. The van der Waals surface area contributed by atoms with Gasteiger partial charge in [0.1, 0.15) is 0 Å². The first kappa shape index (κ1) is 10.7. The predicted molar refractivity (Wildman–Crippen MR) is 59.8 cm³/mol. The number of aromatic nitrogens is 4. The van der Waals surface area contributed by atoms with Gasteiger partial charge in [-0.2, -0.15) is 10.2 Å². The third kappa shape index (κ3) is 2.40. The van der Waals surface area contributed by atoms with Crippen LogP contribution < -0.4 is 5.32 Å². The standard InChI is InChI=1S/C10H15N5O/c1-14-10(2-3-12-14)7-11-9-6-13-15(8-9)4-5-16/h2-3,6,8,11,16H,4-5,7H2,1H3. The van der Waals surface area contributed by atoms with Gasteiger partial charge in [0.2, 0.25) is 0 Å². The van der Waals surface area contributed by atoms with Crippen LogP contribution in [0.15, 0.2) is 24.7 Å². The van der Waals surface area contributed by atoms with Gasteiger partial charge in [-0.3, -0.25) is 9.36 Å². The summed E-state index contributed by atoms with van der Waals surface area (Å²) in [5, 5.41) is 20.2. The molecular weight excluding hydrogens is 206 g/mol. The Morgan fingerprint density at radius 1 is 1.44 bits per heavy atom. The summed E-state index contributed by atoms with van der Waals surface area (Å²) in [6.45, 7) is 1.33. The molecule has 6 heteroatoms. The van der Waals surface area contributed by atoms with Crippen molar-refractivity contribution in [1.82, 2.24) is 19.6 Å². The summed E-state index contributed by atoms with van der Waals surface area (Å²) in [7, 11) is 1.91. The van der Waals surface area contributed by atoms with Crippen LogP contribution in [0.5, 0.6) is 0 Å². The van der Waals surface area contributed by atoms with Gasteiger partial charge in [-0.15, -0.1) is 0 Å². The van der Waals surface area contributed by atoms with Gasteiger partial charge in [0.25, 0.3) is 0 Å². The fourth-order valence-electron chi connectivity index (χ4n) is 1.45. The van der Waals surface area contributed by atoms with Crippen molar-refractivity contribution in [2.24, 2.45) is 7.05 Å². The Kier molecular flexibility index (Phi) is 3.21. The molecule has 2 aromatic rings. The minimum atomic E-state index is 0.100. The smallest absolute Gasteiger partial charge is 0.0729 e. The van der Waals surface area contributed by atoms with Crippen molar-refractivity contribution in [2.75, 3.05) is 11.9 Å². The van der Waals surface area contributed by atoms with Gasteiger partial charge in [-0.1, -0.05) is 0 Å². The van der Waals surface area contributed by atoms with Crippen LogP contribution in [-0.4, -0.2) is 31.3 Å². The molecule has 0 aliphatic rings. The van der Waals surface area contributed by atoms with Crippen molar-refractivity contribution in [3.8, 4) is 0 Å². The Balaban J connectivity index is 1.92. The van der Waals surface area contributed by atoms with E-state index in [1.54, 1.807) is 17.1 Å². The van der Waals surface area contributed by atoms with E-state index in [0.29, 0.717) is 13.1 Å². The van der Waals surface area contributed by atoms with E-state index in [9.17, 15) is 0 Å². The van der Waals surface area contributed by atoms with Crippen LogP contribution in [-0.2, 0) is 20.1 Å². The molecule has 0 aliphatic carbocycles. The fraction of sp³-hybridized carbons (Fsp3) is 0.400. The molecule has 6 nitrogen and oxygen atoms in total. The van der Waals surface area contributed by atoms with E-state index in [2.05, 4.69) is 15.5 Å². The van der Waals surface area contributed by atoms with Gasteiger partial charge >= 0.3 is 0 Å². The topological polar surface area (TPSA) is 67.9 Å². The third-order valence-electron chi connectivity index (χ3n) is 2.36. The predicted octanol–water partition coefficient (Wildman–Crippen LogP) is 0.221. The molecule has 2 heterocycles. The summed E-state index contributed by atoms with van der Waals surface area (Å²) in [6.07, 6.45) is 5.38. The maximum Gasteiger partial charge on any atom is 0.0729 e. The highest BCUT2D eigenvalue weighted by atomic mass is 16.3. The van der Waals surface area contributed by atoms with E-state index in [0.717, 1.165) is 11.4 Å². The molecule has 0 bridgehead atoms. The Labute approximate surface area is 93.5 Å². The maximum atomic E-state index is 8.75. The van der Waals surface area contributed by atoms with Crippen LogP contribution in [0.25, 0.3) is 0 Å². The van der Waals surface area contributed by atoms with E-state index in [-0.39, 0.29) is 6.61 Å². The molecule has 0 aliphatic heterocycles. The highest BCUT2D eigenvalue weighted by Crippen LogP contribution is 2.07. The molecule has 86 valence electrons. The van der Waals surface area contributed by atoms with E-state index in [4.69, 9.17) is 5.11 Å². The molecule has 0 spiro atoms. The molecule has 0 atom stereocenters. The first-order valence-corrected chi connectivity index (χ1v) is 5.13. The highest BCUT2D eigenvalue weighted by molar-refractivity contribution is 5.38. The Morgan fingerprint density at radius 2 is 2.31 bits per heavy atom. The summed E-state index contributed by atoms with van der Waals surface area (Å²) < 4.78 is 3.52. The minimum Gasteiger partial charge on any atom is -0.394 e. The maximum absolute atomic E-state index is 8.75. The number of rotatable bonds is 5. The second-order valence-corrected chi connectivity index (χ2v) is 3.52. The summed E-state index contributed by atoms with van der Waals surface area (Å²) >= 11 is 0. The summed E-state index contributed by atoms with van der Waals surface area (Å²) in [5.41, 5.74) is 2.05. The van der Waals surface area contributed by atoms with Crippen LogP contribution in [0, 0.1) is 0 Å². The molecule has 2 aromatic heterocycles. The number of aryl methyl sites for hydroxylation is 1. The van der Waals surface area contributed by atoms with Crippen LogP contribution >= 0.6 is 0 Å². The van der Waals surface area contributed by atoms with Crippen molar-refractivity contribution < 1.29 is 5.11 Å². The first-order chi connectivity index (χ1) is 7.79. The number of nitrogens with zero attached hydrogens (tertiary/aromatic N) is 4. The lowest BCUT2D eigenvalue weighted by Crippen LogP contribution is -2.05. The zero-order valence-electron chi connectivity index (χ0n) is 9.17. The van der Waals surface area contributed by atoms with Crippen LogP contribution in [0.2, 0.25) is 0 Å². The second-order valence-electron chi connectivity index (χ2n) is 3.52. The molecule has 0 aromatic carbocycles. The lowest BCUT2D eigenvalue weighted by Gasteiger charge is -2.03. The average Bonchev–Trinajstić information content (AvgIpc) is 2.86. The first-order valence-electron chi connectivity index (χ1n) is 5.13. The third-order valence-corrected chi connectivity index (χ3v) is 2.36. The van der Waals surface area contributed by atoms with Gasteiger partial charge in [0.15, 0.2) is 0 Å². The summed E-state index contributed by atoms with van der Waals surface area (Å²) in [5.74, 6) is 0.